The van der Waals surface area contributed by atoms with Crippen LogP contribution in [0.4, 0.5) is 5.82 Å². The highest BCUT2D eigenvalue weighted by Gasteiger charge is 2.12. The number of hydrogen-bond donors (Lipinski definition) is 0. The Balaban J connectivity index is 3.18. The van der Waals surface area contributed by atoms with Gasteiger partial charge in [0.2, 0.25) is 0 Å². The smallest absolute Gasteiger partial charge is 0.156 e. The van der Waals surface area contributed by atoms with E-state index in [9.17, 15) is 4.79 Å². The average Bonchev–Trinajstić information content (AvgIpc) is 2.20. The van der Waals surface area contributed by atoms with Gasteiger partial charge in [0.25, 0.3) is 0 Å². The Morgan fingerprint density at radius 3 is 2.57 bits per heavy atom. The second-order valence-electron chi connectivity index (χ2n) is 2.69. The lowest BCUT2D eigenvalue weighted by Crippen LogP contribution is -2.24. The molecule has 0 N–H and O–H groups in total. The summed E-state index contributed by atoms with van der Waals surface area (Å²) in [5.74, 6) is 0.602. The fraction of sp³-hybridized carbons (Fsp3) is 0.444. The molecule has 1 heterocycles. The number of aldehydes is 1. The Labute approximate surface area is 87.9 Å². The third-order valence-corrected chi connectivity index (χ3v) is 2.30. The first-order valence-electron chi connectivity index (χ1n) is 4.45. The maximum atomic E-state index is 10.8. The van der Waals surface area contributed by atoms with Gasteiger partial charge in [-0.2, -0.15) is 0 Å². The van der Waals surface area contributed by atoms with Crippen molar-refractivity contribution in [3.8, 4) is 0 Å². The van der Waals surface area contributed by atoms with Gasteiger partial charge in [0.15, 0.2) is 6.29 Å². The molecule has 0 aromatic carbocycles. The molecule has 0 fully saturated rings. The van der Waals surface area contributed by atoms with Crippen LogP contribution in [-0.2, 0) is 0 Å². The third kappa shape index (κ3) is 2.01. The van der Waals surface area contributed by atoms with Crippen LogP contribution in [-0.4, -0.2) is 29.3 Å². The standard InChI is InChI=1S/C9H12ClN3O/c1-3-13(4-2)9-7(5-14)8(10)11-6-12-9/h5-6H,3-4H2,1-2H3. The van der Waals surface area contributed by atoms with E-state index >= 15 is 0 Å². The zero-order valence-electron chi connectivity index (χ0n) is 8.20. The lowest BCUT2D eigenvalue weighted by atomic mass is 10.3. The molecular weight excluding hydrogens is 202 g/mol. The van der Waals surface area contributed by atoms with E-state index in [-0.39, 0.29) is 5.15 Å². The molecule has 5 heteroatoms. The van der Waals surface area contributed by atoms with Crippen LogP contribution in [0.1, 0.15) is 24.2 Å². The zero-order chi connectivity index (χ0) is 10.6. The Bertz CT molecular complexity index is 326. The van der Waals surface area contributed by atoms with Crippen molar-refractivity contribution in [3.05, 3.63) is 17.0 Å². The Kier molecular flexibility index (Phi) is 3.83. The molecular formula is C9H12ClN3O. The molecule has 0 atom stereocenters. The number of anilines is 1. The number of carbonyl (C=O) groups is 1. The predicted octanol–water partition coefficient (Wildman–Crippen LogP) is 1.79. The van der Waals surface area contributed by atoms with Gasteiger partial charge in [-0.3, -0.25) is 4.79 Å². The number of rotatable bonds is 4. The Morgan fingerprint density at radius 1 is 1.43 bits per heavy atom. The van der Waals surface area contributed by atoms with Crippen molar-refractivity contribution in [2.24, 2.45) is 0 Å². The maximum Gasteiger partial charge on any atom is 0.156 e. The van der Waals surface area contributed by atoms with E-state index in [2.05, 4.69) is 9.97 Å². The number of carbonyl (C=O) groups excluding carboxylic acids is 1. The van der Waals surface area contributed by atoms with Crippen LogP contribution in [0, 0.1) is 0 Å². The minimum Gasteiger partial charge on any atom is -0.356 e. The minimum absolute atomic E-state index is 0.205. The van der Waals surface area contributed by atoms with Crippen LogP contribution < -0.4 is 4.90 Å². The van der Waals surface area contributed by atoms with Crippen LogP contribution in [0.15, 0.2) is 6.33 Å². The van der Waals surface area contributed by atoms with E-state index < -0.39 is 0 Å². The van der Waals surface area contributed by atoms with Crippen LogP contribution in [0.5, 0.6) is 0 Å². The van der Waals surface area contributed by atoms with E-state index in [4.69, 9.17) is 11.6 Å². The van der Waals surface area contributed by atoms with Gasteiger partial charge in [0.05, 0.1) is 5.56 Å². The second-order valence-corrected chi connectivity index (χ2v) is 3.05. The molecule has 0 bridgehead atoms. The number of hydrogen-bond acceptors (Lipinski definition) is 4. The van der Waals surface area contributed by atoms with Gasteiger partial charge in [0, 0.05) is 13.1 Å². The number of aromatic nitrogens is 2. The third-order valence-electron chi connectivity index (χ3n) is 2.00. The summed E-state index contributed by atoms with van der Waals surface area (Å²) in [5.41, 5.74) is 0.359. The van der Waals surface area contributed by atoms with Gasteiger partial charge < -0.3 is 4.90 Å². The predicted molar refractivity (Wildman–Crippen MR) is 56.0 cm³/mol. The summed E-state index contributed by atoms with van der Waals surface area (Å²) < 4.78 is 0. The SMILES string of the molecule is CCN(CC)c1ncnc(Cl)c1C=O. The first-order valence-corrected chi connectivity index (χ1v) is 4.83. The summed E-state index contributed by atoms with van der Waals surface area (Å²) in [7, 11) is 0. The molecule has 0 aliphatic carbocycles. The molecule has 0 aliphatic heterocycles. The largest absolute Gasteiger partial charge is 0.356 e. The van der Waals surface area contributed by atoms with Crippen LogP contribution in [0.3, 0.4) is 0 Å². The molecule has 1 rings (SSSR count). The topological polar surface area (TPSA) is 46.1 Å². The fourth-order valence-corrected chi connectivity index (χ4v) is 1.41. The van der Waals surface area contributed by atoms with E-state index in [0.717, 1.165) is 13.1 Å². The molecule has 0 spiro atoms. The van der Waals surface area contributed by atoms with E-state index in [1.54, 1.807) is 0 Å². The van der Waals surface area contributed by atoms with Gasteiger partial charge >= 0.3 is 0 Å². The van der Waals surface area contributed by atoms with Crippen molar-refractivity contribution >= 4 is 23.7 Å². The summed E-state index contributed by atoms with van der Waals surface area (Å²) >= 11 is 5.78. The quantitative estimate of drug-likeness (QED) is 0.565. The maximum absolute atomic E-state index is 10.8. The van der Waals surface area contributed by atoms with Gasteiger partial charge in [-0.1, -0.05) is 11.6 Å². The normalized spacial score (nSPS) is 9.93. The Morgan fingerprint density at radius 2 is 2.07 bits per heavy atom. The lowest BCUT2D eigenvalue weighted by Gasteiger charge is -2.20. The average molecular weight is 214 g/mol. The molecule has 76 valence electrons. The first-order chi connectivity index (χ1) is 6.74. The molecule has 0 saturated heterocycles. The molecule has 1 aromatic rings. The van der Waals surface area contributed by atoms with Crippen molar-refractivity contribution < 1.29 is 4.79 Å². The van der Waals surface area contributed by atoms with Crippen molar-refractivity contribution in [1.82, 2.24) is 9.97 Å². The molecule has 0 amide bonds. The van der Waals surface area contributed by atoms with E-state index in [0.29, 0.717) is 17.7 Å². The van der Waals surface area contributed by atoms with Gasteiger partial charge in [-0.15, -0.1) is 0 Å². The van der Waals surface area contributed by atoms with Crippen molar-refractivity contribution in [2.75, 3.05) is 18.0 Å². The monoisotopic (exact) mass is 213 g/mol. The van der Waals surface area contributed by atoms with Crippen LogP contribution in [0.2, 0.25) is 5.15 Å². The molecule has 4 nitrogen and oxygen atoms in total. The number of nitrogens with zero attached hydrogens (tertiary/aromatic N) is 3. The molecule has 14 heavy (non-hydrogen) atoms. The van der Waals surface area contributed by atoms with Crippen molar-refractivity contribution in [1.29, 1.82) is 0 Å². The van der Waals surface area contributed by atoms with Gasteiger partial charge in [-0.05, 0) is 13.8 Å². The molecule has 0 aliphatic rings. The van der Waals surface area contributed by atoms with Crippen LogP contribution >= 0.6 is 11.6 Å². The summed E-state index contributed by atoms with van der Waals surface area (Å²) in [5, 5.41) is 0.205. The summed E-state index contributed by atoms with van der Waals surface area (Å²) in [6.45, 7) is 5.55. The second kappa shape index (κ2) is 4.91. The molecule has 0 radical (unpaired) electrons. The highest BCUT2D eigenvalue weighted by atomic mass is 35.5. The minimum atomic E-state index is 0.205. The van der Waals surface area contributed by atoms with Crippen LogP contribution in [0.25, 0.3) is 0 Å². The van der Waals surface area contributed by atoms with E-state index in [1.165, 1.54) is 6.33 Å². The summed E-state index contributed by atoms with van der Waals surface area (Å²) in [6.07, 6.45) is 2.05. The highest BCUT2D eigenvalue weighted by Crippen LogP contribution is 2.20. The van der Waals surface area contributed by atoms with Crippen molar-refractivity contribution in [2.45, 2.75) is 13.8 Å². The van der Waals surface area contributed by atoms with Gasteiger partial charge in [-0.25, -0.2) is 9.97 Å². The fourth-order valence-electron chi connectivity index (χ4n) is 1.24. The number of halogens is 1. The Hall–Kier alpha value is -1.16. The van der Waals surface area contributed by atoms with Crippen molar-refractivity contribution in [3.63, 3.8) is 0 Å². The molecule has 1 aromatic heterocycles. The highest BCUT2D eigenvalue weighted by molar-refractivity contribution is 6.32. The zero-order valence-corrected chi connectivity index (χ0v) is 8.95. The molecule has 0 unspecified atom stereocenters. The summed E-state index contributed by atoms with van der Waals surface area (Å²) in [4.78, 5) is 20.6. The molecule has 0 saturated carbocycles. The first kappa shape index (κ1) is 10.9. The lowest BCUT2D eigenvalue weighted by molar-refractivity contribution is 0.112. The summed E-state index contributed by atoms with van der Waals surface area (Å²) in [6, 6.07) is 0. The van der Waals surface area contributed by atoms with E-state index in [1.807, 2.05) is 18.7 Å². The van der Waals surface area contributed by atoms with Gasteiger partial charge in [0.1, 0.15) is 17.3 Å².